The zero-order valence-electron chi connectivity index (χ0n) is 17.9. The van der Waals surface area contributed by atoms with Gasteiger partial charge in [0.25, 0.3) is 5.91 Å². The SMILES string of the molecule is CN=C(NCC(=O)NC(C)(C)C)NCc1ccc(C(=O)N2CCCCC2)cc1.I. The number of hydrogen-bond acceptors (Lipinski definition) is 3. The van der Waals surface area contributed by atoms with E-state index in [1.165, 1.54) is 6.42 Å². The largest absolute Gasteiger partial charge is 0.352 e. The van der Waals surface area contributed by atoms with E-state index in [0.29, 0.717) is 12.5 Å². The highest BCUT2D eigenvalue weighted by Gasteiger charge is 2.18. The van der Waals surface area contributed by atoms with Gasteiger partial charge in [-0.1, -0.05) is 12.1 Å². The summed E-state index contributed by atoms with van der Waals surface area (Å²) < 4.78 is 0. The summed E-state index contributed by atoms with van der Waals surface area (Å²) in [6.07, 6.45) is 3.39. The van der Waals surface area contributed by atoms with Crippen molar-refractivity contribution in [2.24, 2.45) is 4.99 Å². The van der Waals surface area contributed by atoms with Gasteiger partial charge in [-0.05, 0) is 57.7 Å². The van der Waals surface area contributed by atoms with E-state index in [2.05, 4.69) is 20.9 Å². The van der Waals surface area contributed by atoms with Crippen molar-refractivity contribution >= 4 is 41.8 Å². The van der Waals surface area contributed by atoms with E-state index in [1.54, 1.807) is 7.05 Å². The molecule has 0 atom stereocenters. The van der Waals surface area contributed by atoms with Crippen LogP contribution in [0, 0.1) is 0 Å². The van der Waals surface area contributed by atoms with Gasteiger partial charge in [0.1, 0.15) is 0 Å². The topological polar surface area (TPSA) is 85.8 Å². The number of piperidine rings is 1. The maximum absolute atomic E-state index is 12.5. The van der Waals surface area contributed by atoms with Crippen LogP contribution in [0.5, 0.6) is 0 Å². The third-order valence-corrected chi connectivity index (χ3v) is 4.46. The minimum atomic E-state index is -0.261. The fourth-order valence-electron chi connectivity index (χ4n) is 3.08. The van der Waals surface area contributed by atoms with Gasteiger partial charge in [-0.15, -0.1) is 24.0 Å². The minimum absolute atomic E-state index is 0. The van der Waals surface area contributed by atoms with Crippen molar-refractivity contribution in [1.82, 2.24) is 20.9 Å². The first-order valence-corrected chi connectivity index (χ1v) is 9.92. The quantitative estimate of drug-likeness (QED) is 0.320. The maximum atomic E-state index is 12.5. The summed E-state index contributed by atoms with van der Waals surface area (Å²) in [5, 5.41) is 9.08. The van der Waals surface area contributed by atoms with Crippen LogP contribution in [-0.2, 0) is 11.3 Å². The van der Waals surface area contributed by atoms with Crippen LogP contribution >= 0.6 is 24.0 Å². The van der Waals surface area contributed by atoms with E-state index in [-0.39, 0.29) is 47.9 Å². The standard InChI is InChI=1S/C21H33N5O2.HI/c1-21(2,3)25-18(27)15-24-20(22-4)23-14-16-8-10-17(11-9-16)19(28)26-12-6-5-7-13-26;/h8-11H,5-7,12-15H2,1-4H3,(H,25,27)(H2,22,23,24);1H. The van der Waals surface area contributed by atoms with Gasteiger partial charge in [-0.25, -0.2) is 0 Å². The molecule has 1 fully saturated rings. The lowest BCUT2D eigenvalue weighted by atomic mass is 10.1. The zero-order chi connectivity index (χ0) is 20.6. The van der Waals surface area contributed by atoms with Crippen LogP contribution in [0.15, 0.2) is 29.3 Å². The molecule has 7 nitrogen and oxygen atoms in total. The van der Waals surface area contributed by atoms with Gasteiger partial charge < -0.3 is 20.9 Å². The number of carbonyl (C=O) groups excluding carboxylic acids is 2. The van der Waals surface area contributed by atoms with Crippen molar-refractivity contribution in [2.75, 3.05) is 26.7 Å². The molecule has 0 spiro atoms. The molecule has 1 aromatic carbocycles. The third kappa shape index (κ3) is 9.01. The Morgan fingerprint density at radius 2 is 1.66 bits per heavy atom. The van der Waals surface area contributed by atoms with Crippen LogP contribution in [0.25, 0.3) is 0 Å². The Kier molecular flexibility index (Phi) is 10.4. The second kappa shape index (κ2) is 12.0. The molecule has 0 saturated carbocycles. The number of likely N-dealkylation sites (tertiary alicyclic amines) is 1. The predicted molar refractivity (Wildman–Crippen MR) is 128 cm³/mol. The molecule has 1 heterocycles. The number of halogens is 1. The Labute approximate surface area is 191 Å². The van der Waals surface area contributed by atoms with Gasteiger partial charge >= 0.3 is 0 Å². The summed E-state index contributed by atoms with van der Waals surface area (Å²) in [4.78, 5) is 30.5. The summed E-state index contributed by atoms with van der Waals surface area (Å²) in [5.74, 6) is 0.579. The molecule has 3 N–H and O–H groups in total. The Bertz CT molecular complexity index is 692. The lowest BCUT2D eigenvalue weighted by Crippen LogP contribution is -2.48. The van der Waals surface area contributed by atoms with E-state index >= 15 is 0 Å². The molecule has 2 rings (SSSR count). The number of nitrogens with one attached hydrogen (secondary N) is 3. The van der Waals surface area contributed by atoms with Crippen molar-refractivity contribution in [3.8, 4) is 0 Å². The van der Waals surface area contributed by atoms with E-state index in [9.17, 15) is 9.59 Å². The zero-order valence-corrected chi connectivity index (χ0v) is 20.2. The van der Waals surface area contributed by atoms with Gasteiger partial charge in [0.05, 0.1) is 6.54 Å². The number of carbonyl (C=O) groups is 2. The molecular weight excluding hydrogens is 481 g/mol. The van der Waals surface area contributed by atoms with Gasteiger partial charge in [0.2, 0.25) is 5.91 Å². The minimum Gasteiger partial charge on any atom is -0.352 e. The molecule has 0 aromatic heterocycles. The fraction of sp³-hybridized carbons (Fsp3) is 0.571. The van der Waals surface area contributed by atoms with E-state index < -0.39 is 0 Å². The maximum Gasteiger partial charge on any atom is 0.253 e. The molecular formula is C21H34IN5O2. The number of nitrogens with zero attached hydrogens (tertiary/aromatic N) is 2. The second-order valence-electron chi connectivity index (χ2n) is 8.13. The van der Waals surface area contributed by atoms with Gasteiger partial charge in [0.15, 0.2) is 5.96 Å². The first-order chi connectivity index (χ1) is 13.3. The average molecular weight is 515 g/mol. The van der Waals surface area contributed by atoms with Crippen molar-refractivity contribution in [1.29, 1.82) is 0 Å². The van der Waals surface area contributed by atoms with Crippen LogP contribution in [0.2, 0.25) is 0 Å². The first-order valence-electron chi connectivity index (χ1n) is 9.92. The summed E-state index contributed by atoms with van der Waals surface area (Å²) in [7, 11) is 1.66. The molecule has 0 aliphatic carbocycles. The Morgan fingerprint density at radius 1 is 1.03 bits per heavy atom. The molecule has 1 aliphatic heterocycles. The molecule has 162 valence electrons. The van der Waals surface area contributed by atoms with E-state index in [1.807, 2.05) is 49.9 Å². The average Bonchev–Trinajstić information content (AvgIpc) is 2.67. The fourth-order valence-corrected chi connectivity index (χ4v) is 3.08. The van der Waals surface area contributed by atoms with E-state index in [4.69, 9.17) is 0 Å². The Morgan fingerprint density at radius 3 is 2.21 bits per heavy atom. The molecule has 0 bridgehead atoms. The smallest absolute Gasteiger partial charge is 0.253 e. The molecule has 1 saturated heterocycles. The second-order valence-corrected chi connectivity index (χ2v) is 8.13. The van der Waals surface area contributed by atoms with Gasteiger partial charge in [-0.3, -0.25) is 14.6 Å². The molecule has 1 aliphatic rings. The number of rotatable bonds is 5. The van der Waals surface area contributed by atoms with Crippen molar-refractivity contribution < 1.29 is 9.59 Å². The summed E-state index contributed by atoms with van der Waals surface area (Å²) in [6, 6.07) is 7.65. The van der Waals surface area contributed by atoms with Crippen LogP contribution in [0.1, 0.15) is 56.0 Å². The molecule has 0 radical (unpaired) electrons. The van der Waals surface area contributed by atoms with Crippen LogP contribution in [-0.4, -0.2) is 54.9 Å². The van der Waals surface area contributed by atoms with Crippen LogP contribution < -0.4 is 16.0 Å². The Hall–Kier alpha value is -1.84. The summed E-state index contributed by atoms with van der Waals surface area (Å²) in [6.45, 7) is 8.24. The third-order valence-electron chi connectivity index (χ3n) is 4.46. The number of benzene rings is 1. The van der Waals surface area contributed by atoms with Crippen molar-refractivity contribution in [2.45, 2.75) is 52.1 Å². The first kappa shape index (κ1) is 25.2. The highest BCUT2D eigenvalue weighted by Crippen LogP contribution is 2.13. The highest BCUT2D eigenvalue weighted by molar-refractivity contribution is 14.0. The van der Waals surface area contributed by atoms with E-state index in [0.717, 1.165) is 37.1 Å². The Balaban J connectivity index is 0.00000420. The highest BCUT2D eigenvalue weighted by atomic mass is 127. The van der Waals surface area contributed by atoms with Crippen LogP contribution in [0.4, 0.5) is 0 Å². The van der Waals surface area contributed by atoms with Crippen molar-refractivity contribution in [3.05, 3.63) is 35.4 Å². The summed E-state index contributed by atoms with van der Waals surface area (Å²) in [5.41, 5.74) is 1.51. The monoisotopic (exact) mass is 515 g/mol. The molecule has 8 heteroatoms. The number of aliphatic imine (C=N–C) groups is 1. The summed E-state index contributed by atoms with van der Waals surface area (Å²) >= 11 is 0. The van der Waals surface area contributed by atoms with Gasteiger partial charge in [0, 0.05) is 37.8 Å². The lowest BCUT2D eigenvalue weighted by Gasteiger charge is -2.26. The number of amides is 2. The molecule has 29 heavy (non-hydrogen) atoms. The normalized spacial score (nSPS) is 14.6. The predicted octanol–water partition coefficient (Wildman–Crippen LogP) is 2.51. The van der Waals surface area contributed by atoms with Crippen LogP contribution in [0.3, 0.4) is 0 Å². The van der Waals surface area contributed by atoms with Crippen molar-refractivity contribution in [3.63, 3.8) is 0 Å². The number of hydrogen-bond donors (Lipinski definition) is 3. The lowest BCUT2D eigenvalue weighted by molar-refractivity contribution is -0.121. The molecule has 2 amide bonds. The number of guanidine groups is 1. The van der Waals surface area contributed by atoms with Gasteiger partial charge in [-0.2, -0.15) is 0 Å². The molecule has 1 aromatic rings. The molecule has 0 unspecified atom stereocenters.